The first-order valence-electron chi connectivity index (χ1n) is 10.5. The van der Waals surface area contributed by atoms with Crippen molar-refractivity contribution in [3.63, 3.8) is 0 Å². The van der Waals surface area contributed by atoms with Crippen LogP contribution >= 0.6 is 27.7 Å². The number of carbonyl (C=O) groups is 1. The fourth-order valence-corrected chi connectivity index (χ4v) is 4.68. The van der Waals surface area contributed by atoms with E-state index in [0.717, 1.165) is 10.6 Å². The van der Waals surface area contributed by atoms with Gasteiger partial charge in [0.1, 0.15) is 11.7 Å². The summed E-state index contributed by atoms with van der Waals surface area (Å²) in [6.07, 6.45) is 1.63. The van der Waals surface area contributed by atoms with E-state index in [-0.39, 0.29) is 17.3 Å². The number of amidine groups is 2. The van der Waals surface area contributed by atoms with Gasteiger partial charge in [-0.15, -0.1) is 0 Å². The van der Waals surface area contributed by atoms with Gasteiger partial charge in [-0.2, -0.15) is 15.1 Å². The highest BCUT2D eigenvalue weighted by Crippen LogP contribution is 2.38. The van der Waals surface area contributed by atoms with Gasteiger partial charge in [-0.3, -0.25) is 10.2 Å². The number of fused-ring (bicyclic) bond motifs is 1. The van der Waals surface area contributed by atoms with Gasteiger partial charge in [0.25, 0.3) is 5.91 Å². The summed E-state index contributed by atoms with van der Waals surface area (Å²) >= 11 is 4.90. The van der Waals surface area contributed by atoms with Crippen LogP contribution in [0.3, 0.4) is 0 Å². The Morgan fingerprint density at radius 3 is 2.67 bits per heavy atom. The van der Waals surface area contributed by atoms with Gasteiger partial charge in [0, 0.05) is 5.92 Å². The molecule has 9 heteroatoms. The fourth-order valence-electron chi connectivity index (χ4n) is 3.21. The Labute approximate surface area is 205 Å². The van der Waals surface area contributed by atoms with Crippen LogP contribution in [0.2, 0.25) is 0 Å². The molecule has 0 saturated carbocycles. The minimum absolute atomic E-state index is 0.00614. The molecular weight excluding hydrogens is 504 g/mol. The molecule has 0 spiro atoms. The Kier molecular flexibility index (Phi) is 6.99. The van der Waals surface area contributed by atoms with E-state index in [1.54, 1.807) is 12.1 Å². The number of nitrogens with one attached hydrogen (secondary N) is 1. The van der Waals surface area contributed by atoms with Crippen LogP contribution in [0.15, 0.2) is 62.6 Å². The summed E-state index contributed by atoms with van der Waals surface area (Å²) in [5.74, 6) is 0.858. The molecule has 0 saturated heterocycles. The SMILES string of the molecule is CCOc1cc(/C=C2/C(=N)N3N=C(C(C)C)SC3=NC2=O)cc(Br)c1OCc1ccccc1. The van der Waals surface area contributed by atoms with E-state index in [0.29, 0.717) is 39.9 Å². The average molecular weight is 527 g/mol. The number of hydrogen-bond donors (Lipinski definition) is 1. The van der Waals surface area contributed by atoms with Crippen LogP contribution in [0.5, 0.6) is 11.5 Å². The van der Waals surface area contributed by atoms with Crippen LogP contribution in [0, 0.1) is 11.3 Å². The Bertz CT molecular complexity index is 1190. The highest BCUT2D eigenvalue weighted by atomic mass is 79.9. The Hall–Kier alpha value is -2.91. The molecule has 0 aliphatic carbocycles. The van der Waals surface area contributed by atoms with Gasteiger partial charge in [0.2, 0.25) is 5.17 Å². The van der Waals surface area contributed by atoms with E-state index >= 15 is 0 Å². The monoisotopic (exact) mass is 526 g/mol. The number of ether oxygens (including phenoxy) is 2. The molecule has 2 aliphatic rings. The second kappa shape index (κ2) is 9.93. The minimum atomic E-state index is -0.461. The predicted molar refractivity (Wildman–Crippen MR) is 136 cm³/mol. The number of hydrogen-bond acceptors (Lipinski definition) is 6. The third kappa shape index (κ3) is 5.04. The van der Waals surface area contributed by atoms with Crippen molar-refractivity contribution in [1.29, 1.82) is 5.41 Å². The third-order valence-electron chi connectivity index (χ3n) is 4.83. The summed E-state index contributed by atoms with van der Waals surface area (Å²) in [4.78, 5) is 16.8. The molecule has 0 unspecified atom stereocenters. The second-order valence-corrected chi connectivity index (χ2v) is 9.49. The summed E-state index contributed by atoms with van der Waals surface area (Å²) in [6, 6.07) is 13.5. The zero-order chi connectivity index (χ0) is 23.5. The van der Waals surface area contributed by atoms with Crippen molar-refractivity contribution in [2.24, 2.45) is 16.0 Å². The normalized spacial score (nSPS) is 16.8. The van der Waals surface area contributed by atoms with E-state index in [4.69, 9.17) is 14.9 Å². The molecule has 170 valence electrons. The molecule has 0 radical (unpaired) electrons. The molecule has 2 heterocycles. The van der Waals surface area contributed by atoms with Crippen LogP contribution in [-0.2, 0) is 11.4 Å². The molecule has 0 fully saturated rings. The average Bonchev–Trinajstić information content (AvgIpc) is 3.21. The van der Waals surface area contributed by atoms with Crippen LogP contribution < -0.4 is 9.47 Å². The maximum absolute atomic E-state index is 12.7. The van der Waals surface area contributed by atoms with Crippen LogP contribution in [-0.4, -0.2) is 33.6 Å². The summed E-state index contributed by atoms with van der Waals surface area (Å²) < 4.78 is 12.5. The van der Waals surface area contributed by atoms with E-state index < -0.39 is 5.91 Å². The van der Waals surface area contributed by atoms with Crippen molar-refractivity contribution in [2.45, 2.75) is 27.4 Å². The molecule has 2 aromatic carbocycles. The molecule has 7 nitrogen and oxygen atoms in total. The quantitative estimate of drug-likeness (QED) is 0.467. The van der Waals surface area contributed by atoms with E-state index in [1.165, 1.54) is 16.8 Å². The van der Waals surface area contributed by atoms with E-state index in [2.05, 4.69) is 26.0 Å². The van der Waals surface area contributed by atoms with Crippen LogP contribution in [0.1, 0.15) is 31.9 Å². The lowest BCUT2D eigenvalue weighted by molar-refractivity contribution is -0.114. The molecule has 0 aromatic heterocycles. The molecule has 4 rings (SSSR count). The lowest BCUT2D eigenvalue weighted by atomic mass is 10.1. The zero-order valence-electron chi connectivity index (χ0n) is 18.5. The van der Waals surface area contributed by atoms with Gasteiger partial charge < -0.3 is 9.47 Å². The molecule has 2 aliphatic heterocycles. The van der Waals surface area contributed by atoms with Gasteiger partial charge in [-0.1, -0.05) is 44.2 Å². The lowest BCUT2D eigenvalue weighted by Crippen LogP contribution is -2.35. The number of carbonyl (C=O) groups excluding carboxylic acids is 1. The molecule has 1 N–H and O–H groups in total. The van der Waals surface area contributed by atoms with Crippen molar-refractivity contribution in [3.8, 4) is 11.5 Å². The number of halogens is 1. The van der Waals surface area contributed by atoms with Crippen LogP contribution in [0.25, 0.3) is 6.08 Å². The molecule has 0 bridgehead atoms. The number of amides is 1. The van der Waals surface area contributed by atoms with Crippen molar-refractivity contribution < 1.29 is 14.3 Å². The van der Waals surface area contributed by atoms with Gasteiger partial charge >= 0.3 is 0 Å². The summed E-state index contributed by atoms with van der Waals surface area (Å²) in [7, 11) is 0. The highest BCUT2D eigenvalue weighted by molar-refractivity contribution is 9.10. The van der Waals surface area contributed by atoms with Crippen molar-refractivity contribution in [1.82, 2.24) is 5.01 Å². The third-order valence-corrected chi connectivity index (χ3v) is 6.63. The number of aliphatic imine (C=N–C) groups is 1. The summed E-state index contributed by atoms with van der Waals surface area (Å²) in [5, 5.41) is 15.7. The van der Waals surface area contributed by atoms with Crippen molar-refractivity contribution >= 4 is 55.7 Å². The largest absolute Gasteiger partial charge is 0.490 e. The van der Waals surface area contributed by atoms with Gasteiger partial charge in [-0.25, -0.2) is 0 Å². The Balaban J connectivity index is 1.64. The number of thioether (sulfide) groups is 1. The first kappa shape index (κ1) is 23.3. The van der Waals surface area contributed by atoms with Crippen molar-refractivity contribution in [2.75, 3.05) is 6.61 Å². The second-order valence-electron chi connectivity index (χ2n) is 7.65. The molecule has 2 aromatic rings. The Morgan fingerprint density at radius 1 is 1.21 bits per heavy atom. The molecule has 0 atom stereocenters. The maximum atomic E-state index is 12.7. The zero-order valence-corrected chi connectivity index (χ0v) is 20.9. The molecule has 33 heavy (non-hydrogen) atoms. The smallest absolute Gasteiger partial charge is 0.283 e. The number of rotatable bonds is 7. The van der Waals surface area contributed by atoms with Gasteiger partial charge in [-0.05, 0) is 64.0 Å². The number of nitrogens with zero attached hydrogens (tertiary/aromatic N) is 3. The maximum Gasteiger partial charge on any atom is 0.283 e. The Morgan fingerprint density at radius 2 is 1.97 bits per heavy atom. The lowest BCUT2D eigenvalue weighted by Gasteiger charge is -2.20. The van der Waals surface area contributed by atoms with Gasteiger partial charge in [0.15, 0.2) is 17.3 Å². The van der Waals surface area contributed by atoms with Crippen LogP contribution in [0.4, 0.5) is 0 Å². The van der Waals surface area contributed by atoms with Gasteiger partial charge in [0.05, 0.1) is 16.7 Å². The highest BCUT2D eigenvalue weighted by Gasteiger charge is 2.36. The first-order chi connectivity index (χ1) is 15.9. The fraction of sp³-hybridized carbons (Fsp3) is 0.250. The summed E-state index contributed by atoms with van der Waals surface area (Å²) in [6.45, 7) is 6.77. The van der Waals surface area contributed by atoms with Crippen molar-refractivity contribution in [3.05, 3.63) is 63.6 Å². The molecule has 1 amide bonds. The summed E-state index contributed by atoms with van der Waals surface area (Å²) in [5.41, 5.74) is 1.89. The number of benzene rings is 2. The minimum Gasteiger partial charge on any atom is -0.490 e. The first-order valence-corrected chi connectivity index (χ1v) is 12.1. The number of hydrazone groups is 1. The standard InChI is InChI=1S/C24H23BrN4O3S/c1-4-31-19-12-16(11-18(25)20(19)32-13-15-8-6-5-7-9-15)10-17-21(26)29-24(27-22(17)30)33-23(28-29)14(2)3/h5-12,14,26H,4,13H2,1-3H3/b17-10-,26-21?. The predicted octanol–water partition coefficient (Wildman–Crippen LogP) is 5.70. The topological polar surface area (TPSA) is 87.3 Å². The van der Waals surface area contributed by atoms with E-state index in [1.807, 2.05) is 57.2 Å². The molecular formula is C24H23BrN4O3S. The van der Waals surface area contributed by atoms with E-state index in [9.17, 15) is 4.79 Å².